The number of ether oxygens (including phenoxy) is 1. The van der Waals surface area contributed by atoms with Gasteiger partial charge in [-0.2, -0.15) is 0 Å². The van der Waals surface area contributed by atoms with E-state index in [4.69, 9.17) is 4.74 Å². The second kappa shape index (κ2) is 8.39. The molecule has 1 unspecified atom stereocenters. The summed E-state index contributed by atoms with van der Waals surface area (Å²) >= 11 is 1.45. The van der Waals surface area contributed by atoms with Gasteiger partial charge in [-0.1, -0.05) is 30.0 Å². The molecule has 3 aromatic rings. The number of nitrogens with zero attached hydrogens (tertiary/aromatic N) is 3. The zero-order valence-corrected chi connectivity index (χ0v) is 14.5. The number of pyridine rings is 1. The number of hydrogen-bond acceptors (Lipinski definition) is 6. The third-order valence-corrected chi connectivity index (χ3v) is 4.18. The lowest BCUT2D eigenvalue weighted by Crippen LogP contribution is -2.06. The van der Waals surface area contributed by atoms with Gasteiger partial charge in [-0.25, -0.2) is 9.97 Å². The van der Waals surface area contributed by atoms with Crippen LogP contribution in [-0.4, -0.2) is 27.5 Å². The Kier molecular flexibility index (Phi) is 5.74. The first-order valence-electron chi connectivity index (χ1n) is 7.75. The molecule has 0 bridgehead atoms. The lowest BCUT2D eigenvalue weighted by Gasteiger charge is -2.13. The minimum Gasteiger partial charge on any atom is -0.487 e. The Morgan fingerprint density at radius 1 is 1.12 bits per heavy atom. The molecule has 2 aromatic heterocycles. The predicted molar refractivity (Wildman–Crippen MR) is 96.7 cm³/mol. The van der Waals surface area contributed by atoms with Gasteiger partial charge in [-0.05, 0) is 42.2 Å². The van der Waals surface area contributed by atoms with Crippen LogP contribution in [0.4, 0.5) is 0 Å². The Balaban J connectivity index is 1.80. The lowest BCUT2D eigenvalue weighted by molar-refractivity contribution is -0.108. The van der Waals surface area contributed by atoms with E-state index >= 15 is 0 Å². The van der Waals surface area contributed by atoms with Gasteiger partial charge in [0.15, 0.2) is 5.16 Å². The van der Waals surface area contributed by atoms with Crippen molar-refractivity contribution in [1.82, 2.24) is 15.0 Å². The van der Waals surface area contributed by atoms with Gasteiger partial charge in [-0.3, -0.25) is 4.98 Å². The third-order valence-electron chi connectivity index (χ3n) is 3.62. The van der Waals surface area contributed by atoms with E-state index in [0.29, 0.717) is 23.2 Å². The zero-order valence-electron chi connectivity index (χ0n) is 13.7. The second-order valence-electron chi connectivity index (χ2n) is 5.26. The summed E-state index contributed by atoms with van der Waals surface area (Å²) in [5.41, 5.74) is 2.36. The largest absolute Gasteiger partial charge is 0.487 e. The zero-order chi connectivity index (χ0) is 17.5. The molecular weight excluding hydrogens is 334 g/mol. The molecule has 0 amide bonds. The first kappa shape index (κ1) is 17.1. The average Bonchev–Trinajstić information content (AvgIpc) is 2.68. The van der Waals surface area contributed by atoms with Gasteiger partial charge in [-0.15, -0.1) is 0 Å². The molecule has 6 heteroatoms. The average molecular weight is 351 g/mol. The highest BCUT2D eigenvalue weighted by Gasteiger charge is 2.16. The standard InChI is InChI=1S/C19H17N3O2S/c1-25-19-21-10-8-18(22-19)17(12-23)14-5-4-7-16(11-14)24-13-15-6-2-3-9-20-15/h2-12,17H,13H2,1H3. The molecule has 25 heavy (non-hydrogen) atoms. The number of aldehydes is 1. The van der Waals surface area contributed by atoms with Crippen molar-refractivity contribution in [2.45, 2.75) is 17.7 Å². The van der Waals surface area contributed by atoms with Crippen LogP contribution in [0, 0.1) is 0 Å². The Hall–Kier alpha value is -2.73. The van der Waals surface area contributed by atoms with Crippen LogP contribution in [0.2, 0.25) is 0 Å². The smallest absolute Gasteiger partial charge is 0.187 e. The van der Waals surface area contributed by atoms with Gasteiger partial charge >= 0.3 is 0 Å². The van der Waals surface area contributed by atoms with Crippen LogP contribution >= 0.6 is 11.8 Å². The van der Waals surface area contributed by atoms with Crippen molar-refractivity contribution in [3.8, 4) is 5.75 Å². The first-order chi connectivity index (χ1) is 12.3. The van der Waals surface area contributed by atoms with Crippen molar-refractivity contribution in [3.05, 3.63) is 77.9 Å². The molecule has 0 saturated heterocycles. The molecule has 0 fully saturated rings. The maximum Gasteiger partial charge on any atom is 0.187 e. The van der Waals surface area contributed by atoms with Crippen LogP contribution in [0.1, 0.15) is 22.9 Å². The molecule has 0 N–H and O–H groups in total. The fraction of sp³-hybridized carbons (Fsp3) is 0.158. The molecule has 0 saturated carbocycles. The second-order valence-corrected chi connectivity index (χ2v) is 6.04. The van der Waals surface area contributed by atoms with E-state index in [1.807, 2.05) is 48.7 Å². The van der Waals surface area contributed by atoms with Crippen molar-refractivity contribution in [2.75, 3.05) is 6.26 Å². The summed E-state index contributed by atoms with van der Waals surface area (Å²) in [6.07, 6.45) is 6.20. The number of hydrogen-bond donors (Lipinski definition) is 0. The maximum atomic E-state index is 11.7. The summed E-state index contributed by atoms with van der Waals surface area (Å²) in [4.78, 5) is 24.5. The van der Waals surface area contributed by atoms with Gasteiger partial charge in [0.25, 0.3) is 0 Å². The monoisotopic (exact) mass is 351 g/mol. The molecule has 1 aromatic carbocycles. The van der Waals surface area contributed by atoms with Crippen LogP contribution in [-0.2, 0) is 11.4 Å². The lowest BCUT2D eigenvalue weighted by atomic mass is 9.97. The number of benzene rings is 1. The van der Waals surface area contributed by atoms with E-state index in [2.05, 4.69) is 15.0 Å². The number of aromatic nitrogens is 3. The fourth-order valence-electron chi connectivity index (χ4n) is 2.38. The molecule has 0 aliphatic heterocycles. The summed E-state index contributed by atoms with van der Waals surface area (Å²) in [7, 11) is 0. The van der Waals surface area contributed by atoms with E-state index in [1.54, 1.807) is 18.5 Å². The van der Waals surface area contributed by atoms with Crippen LogP contribution in [0.25, 0.3) is 0 Å². The summed E-state index contributed by atoms with van der Waals surface area (Å²) in [5, 5.41) is 0.645. The topological polar surface area (TPSA) is 65.0 Å². The van der Waals surface area contributed by atoms with Crippen molar-refractivity contribution >= 4 is 18.0 Å². The van der Waals surface area contributed by atoms with E-state index < -0.39 is 5.92 Å². The van der Waals surface area contributed by atoms with Crippen molar-refractivity contribution in [1.29, 1.82) is 0 Å². The summed E-state index contributed by atoms with van der Waals surface area (Å²) in [5.74, 6) is 0.237. The molecule has 5 nitrogen and oxygen atoms in total. The highest BCUT2D eigenvalue weighted by molar-refractivity contribution is 7.98. The third kappa shape index (κ3) is 4.42. The molecule has 0 radical (unpaired) electrons. The number of carbonyl (C=O) groups excluding carboxylic acids is 1. The highest BCUT2D eigenvalue weighted by Crippen LogP contribution is 2.25. The molecular formula is C19H17N3O2S. The van der Waals surface area contributed by atoms with Crippen molar-refractivity contribution in [2.24, 2.45) is 0 Å². The molecule has 0 spiro atoms. The van der Waals surface area contributed by atoms with Gasteiger partial charge in [0.1, 0.15) is 18.6 Å². The quantitative estimate of drug-likeness (QED) is 0.369. The number of thioether (sulfide) groups is 1. The van der Waals surface area contributed by atoms with Crippen LogP contribution < -0.4 is 4.74 Å². The number of carbonyl (C=O) groups is 1. The summed E-state index contributed by atoms with van der Waals surface area (Å²) in [6.45, 7) is 0.375. The first-order valence-corrected chi connectivity index (χ1v) is 8.97. The van der Waals surface area contributed by atoms with E-state index in [9.17, 15) is 4.79 Å². The van der Waals surface area contributed by atoms with Crippen molar-refractivity contribution in [3.63, 3.8) is 0 Å². The van der Waals surface area contributed by atoms with E-state index in [-0.39, 0.29) is 0 Å². The molecule has 2 heterocycles. The minimum atomic E-state index is -0.452. The highest BCUT2D eigenvalue weighted by atomic mass is 32.2. The van der Waals surface area contributed by atoms with Gasteiger partial charge < -0.3 is 9.53 Å². The minimum absolute atomic E-state index is 0.375. The van der Waals surface area contributed by atoms with Crippen LogP contribution in [0.3, 0.4) is 0 Å². The van der Waals surface area contributed by atoms with Crippen LogP contribution in [0.15, 0.2) is 66.1 Å². The normalized spacial score (nSPS) is 11.7. The molecule has 0 aliphatic carbocycles. The summed E-state index contributed by atoms with van der Waals surface area (Å²) < 4.78 is 5.79. The molecule has 0 aliphatic rings. The maximum absolute atomic E-state index is 11.7. The Labute approximate surface area is 150 Å². The number of rotatable bonds is 7. The van der Waals surface area contributed by atoms with E-state index in [0.717, 1.165) is 17.5 Å². The fourth-order valence-corrected chi connectivity index (χ4v) is 2.75. The van der Waals surface area contributed by atoms with Gasteiger partial charge in [0.2, 0.25) is 0 Å². The Bertz CT molecular complexity index is 843. The Morgan fingerprint density at radius 2 is 2.04 bits per heavy atom. The van der Waals surface area contributed by atoms with Crippen molar-refractivity contribution < 1.29 is 9.53 Å². The molecule has 126 valence electrons. The van der Waals surface area contributed by atoms with Crippen LogP contribution in [0.5, 0.6) is 5.75 Å². The van der Waals surface area contributed by atoms with Gasteiger partial charge in [0, 0.05) is 12.4 Å². The molecule has 1 atom stereocenters. The Morgan fingerprint density at radius 3 is 2.80 bits per heavy atom. The van der Waals surface area contributed by atoms with Gasteiger partial charge in [0.05, 0.1) is 17.3 Å². The summed E-state index contributed by atoms with van der Waals surface area (Å²) in [6, 6.07) is 14.9. The van der Waals surface area contributed by atoms with E-state index in [1.165, 1.54) is 11.8 Å². The molecule has 3 rings (SSSR count). The SMILES string of the molecule is CSc1nccc(C(C=O)c2cccc(OCc3ccccn3)c2)n1. The predicted octanol–water partition coefficient (Wildman–Crippen LogP) is 3.50.